The van der Waals surface area contributed by atoms with E-state index in [1.165, 1.54) is 5.57 Å². The van der Waals surface area contributed by atoms with Crippen LogP contribution in [0.2, 0.25) is 0 Å². The van der Waals surface area contributed by atoms with E-state index in [-0.39, 0.29) is 18.3 Å². The summed E-state index contributed by atoms with van der Waals surface area (Å²) in [7, 11) is 0. The topological polar surface area (TPSA) is 49.8 Å². The highest BCUT2D eigenvalue weighted by molar-refractivity contribution is 5.85. The van der Waals surface area contributed by atoms with Crippen LogP contribution in [0.3, 0.4) is 0 Å². The van der Waals surface area contributed by atoms with Gasteiger partial charge in [0.2, 0.25) is 0 Å². The first-order chi connectivity index (χ1) is 12.0. The fraction of sp³-hybridized carbons (Fsp3) is 0.476. The maximum absolute atomic E-state index is 10.9. The predicted molar refractivity (Wildman–Crippen MR) is 106 cm³/mol. The lowest BCUT2D eigenvalue weighted by molar-refractivity contribution is -0.147. The van der Waals surface area contributed by atoms with Gasteiger partial charge in [0.05, 0.1) is 5.92 Å². The fourth-order valence-electron chi connectivity index (χ4n) is 3.05. The number of likely N-dealkylation sites (tertiary alicyclic amines) is 1. The van der Waals surface area contributed by atoms with E-state index < -0.39 is 5.97 Å². The summed E-state index contributed by atoms with van der Waals surface area (Å²) in [6.45, 7) is 7.01. The third-order valence-corrected chi connectivity index (χ3v) is 4.60. The molecule has 1 saturated heterocycles. The van der Waals surface area contributed by atoms with Crippen molar-refractivity contribution in [2.75, 3.05) is 26.2 Å². The minimum Gasteiger partial charge on any atom is -0.489 e. The smallest absolute Gasteiger partial charge is 0.309 e. The summed E-state index contributed by atoms with van der Waals surface area (Å²) in [4.78, 5) is 13.0. The summed E-state index contributed by atoms with van der Waals surface area (Å²) in [6.07, 6.45) is 4.20. The molecular formula is C21H26ClNO3. The molecule has 0 aliphatic carbocycles. The lowest BCUT2D eigenvalue weighted by atomic mass is 9.98. The zero-order chi connectivity index (χ0) is 17.8. The Labute approximate surface area is 161 Å². The van der Waals surface area contributed by atoms with Crippen molar-refractivity contribution in [3.05, 3.63) is 34.9 Å². The molecule has 4 nitrogen and oxygen atoms in total. The maximum atomic E-state index is 10.9. The number of nitrogens with zero attached hydrogens (tertiary/aromatic N) is 1. The van der Waals surface area contributed by atoms with E-state index in [9.17, 15) is 4.79 Å². The van der Waals surface area contributed by atoms with E-state index in [1.807, 2.05) is 12.1 Å². The molecule has 0 aromatic heterocycles. The molecule has 140 valence electrons. The van der Waals surface area contributed by atoms with Crippen molar-refractivity contribution >= 4 is 24.5 Å². The first kappa shape index (κ1) is 20.4. The minimum absolute atomic E-state index is 0. The van der Waals surface area contributed by atoms with Gasteiger partial charge in [-0.1, -0.05) is 31.8 Å². The van der Waals surface area contributed by atoms with Crippen molar-refractivity contribution in [1.82, 2.24) is 4.90 Å². The van der Waals surface area contributed by atoms with Gasteiger partial charge in [-0.25, -0.2) is 0 Å². The summed E-state index contributed by atoms with van der Waals surface area (Å²) in [5, 5.41) is 8.94. The summed E-state index contributed by atoms with van der Waals surface area (Å²) < 4.78 is 5.89. The van der Waals surface area contributed by atoms with Gasteiger partial charge in [-0.2, -0.15) is 0 Å². The van der Waals surface area contributed by atoms with Gasteiger partial charge in [0, 0.05) is 37.2 Å². The molecule has 2 aliphatic heterocycles. The van der Waals surface area contributed by atoms with Crippen molar-refractivity contribution in [1.29, 1.82) is 0 Å². The maximum Gasteiger partial charge on any atom is 0.309 e. The van der Waals surface area contributed by atoms with Crippen molar-refractivity contribution < 1.29 is 14.6 Å². The average Bonchev–Trinajstić information content (AvgIpc) is 2.54. The second kappa shape index (κ2) is 9.12. The normalized spacial score (nSPS) is 16.3. The van der Waals surface area contributed by atoms with E-state index >= 15 is 0 Å². The summed E-state index contributed by atoms with van der Waals surface area (Å²) in [5.74, 6) is 7.09. The number of carbonyl (C=O) groups is 1. The van der Waals surface area contributed by atoms with Gasteiger partial charge >= 0.3 is 5.97 Å². The quantitative estimate of drug-likeness (QED) is 0.797. The number of ether oxygens (including phenoxy) is 1. The van der Waals surface area contributed by atoms with E-state index in [1.54, 1.807) is 0 Å². The summed E-state index contributed by atoms with van der Waals surface area (Å²) in [5.41, 5.74) is 3.25. The van der Waals surface area contributed by atoms with Crippen LogP contribution in [0.5, 0.6) is 5.75 Å². The van der Waals surface area contributed by atoms with Crippen molar-refractivity contribution in [2.45, 2.75) is 26.7 Å². The van der Waals surface area contributed by atoms with Crippen molar-refractivity contribution in [3.8, 4) is 17.6 Å². The number of benzene rings is 1. The Hall–Kier alpha value is -1.96. The molecule has 0 saturated carbocycles. The fourth-order valence-corrected chi connectivity index (χ4v) is 3.05. The lowest BCUT2D eigenvalue weighted by Crippen LogP contribution is -2.51. The van der Waals surface area contributed by atoms with Gasteiger partial charge in [-0.15, -0.1) is 12.4 Å². The minimum atomic E-state index is -0.697. The van der Waals surface area contributed by atoms with Crippen LogP contribution >= 0.6 is 12.4 Å². The largest absolute Gasteiger partial charge is 0.489 e. The van der Waals surface area contributed by atoms with Gasteiger partial charge < -0.3 is 9.84 Å². The number of hydrogen-bond acceptors (Lipinski definition) is 3. The zero-order valence-electron chi connectivity index (χ0n) is 15.3. The molecule has 26 heavy (non-hydrogen) atoms. The van der Waals surface area contributed by atoms with E-state index in [2.05, 4.69) is 42.7 Å². The zero-order valence-corrected chi connectivity index (χ0v) is 16.1. The van der Waals surface area contributed by atoms with Gasteiger partial charge in [-0.3, -0.25) is 9.69 Å². The monoisotopic (exact) mass is 375 g/mol. The standard InChI is InChI=1S/C21H25NO3.ClH/c1-15(2)5-3-4-6-16-7-8-18-9-17(14-25-20(18)10-16)11-22-12-19(13-22)21(23)24;/h7-10,15,19H,3,5,11-14H2,1-2H3,(H,23,24);1H. The molecule has 2 heterocycles. The Morgan fingerprint density at radius 3 is 2.85 bits per heavy atom. The number of halogens is 1. The number of aliphatic carboxylic acids is 1. The second-order valence-corrected chi connectivity index (χ2v) is 7.31. The van der Waals surface area contributed by atoms with Crippen molar-refractivity contribution in [3.63, 3.8) is 0 Å². The second-order valence-electron chi connectivity index (χ2n) is 7.31. The molecule has 1 fully saturated rings. The predicted octanol–water partition coefficient (Wildman–Crippen LogP) is 3.69. The highest BCUT2D eigenvalue weighted by Crippen LogP contribution is 2.28. The highest BCUT2D eigenvalue weighted by Gasteiger charge is 2.32. The molecule has 1 aromatic rings. The third-order valence-electron chi connectivity index (χ3n) is 4.60. The molecule has 3 rings (SSSR count). The van der Waals surface area contributed by atoms with Crippen LogP contribution < -0.4 is 4.74 Å². The van der Waals surface area contributed by atoms with E-state index in [0.29, 0.717) is 25.6 Å². The van der Waals surface area contributed by atoms with Crippen molar-refractivity contribution in [2.24, 2.45) is 11.8 Å². The molecule has 0 spiro atoms. The summed E-state index contributed by atoms with van der Waals surface area (Å²) >= 11 is 0. The van der Waals surface area contributed by atoms with Gasteiger partial charge in [0.1, 0.15) is 12.4 Å². The Balaban J connectivity index is 0.00000243. The molecule has 2 aliphatic rings. The highest BCUT2D eigenvalue weighted by atomic mass is 35.5. The molecule has 0 unspecified atom stereocenters. The van der Waals surface area contributed by atoms with Crippen LogP contribution in [-0.2, 0) is 4.79 Å². The Morgan fingerprint density at radius 1 is 1.38 bits per heavy atom. The van der Waals surface area contributed by atoms with Crippen LogP contribution in [-0.4, -0.2) is 42.2 Å². The number of rotatable bonds is 5. The molecule has 0 radical (unpaired) electrons. The first-order valence-corrected chi connectivity index (χ1v) is 8.91. The molecule has 1 N–H and O–H groups in total. The van der Waals surface area contributed by atoms with Gasteiger partial charge in [-0.05, 0) is 36.1 Å². The van der Waals surface area contributed by atoms with Gasteiger partial charge in [0.25, 0.3) is 0 Å². The average molecular weight is 376 g/mol. The molecular weight excluding hydrogens is 350 g/mol. The Bertz CT molecular complexity index is 739. The first-order valence-electron chi connectivity index (χ1n) is 8.91. The SMILES string of the molecule is CC(C)CCC#Cc1ccc2c(c1)OCC(CN1CC(C(=O)O)C1)=C2.Cl. The Kier molecular flexibility index (Phi) is 7.14. The summed E-state index contributed by atoms with van der Waals surface area (Å²) in [6, 6.07) is 6.10. The van der Waals surface area contributed by atoms with Crippen LogP contribution in [0.4, 0.5) is 0 Å². The number of hydrogen-bond donors (Lipinski definition) is 1. The molecule has 5 heteroatoms. The lowest BCUT2D eigenvalue weighted by Gasteiger charge is -2.37. The number of carboxylic acids is 1. The number of fused-ring (bicyclic) bond motifs is 1. The third kappa shape index (κ3) is 5.27. The number of carboxylic acid groups (broad SMARTS) is 1. The van der Waals surface area contributed by atoms with Gasteiger partial charge in [0.15, 0.2) is 0 Å². The van der Waals surface area contributed by atoms with Crippen LogP contribution in [0.25, 0.3) is 6.08 Å². The van der Waals surface area contributed by atoms with Crippen LogP contribution in [0.1, 0.15) is 37.8 Å². The molecule has 0 amide bonds. The molecule has 0 atom stereocenters. The Morgan fingerprint density at radius 2 is 2.15 bits per heavy atom. The van der Waals surface area contributed by atoms with E-state index in [4.69, 9.17) is 9.84 Å². The van der Waals surface area contributed by atoms with Crippen LogP contribution in [0, 0.1) is 23.7 Å². The van der Waals surface area contributed by atoms with Crippen LogP contribution in [0.15, 0.2) is 23.8 Å². The molecule has 0 bridgehead atoms. The van der Waals surface area contributed by atoms with E-state index in [0.717, 1.165) is 36.3 Å². The molecule has 1 aromatic carbocycles.